The fraction of sp³-hybridized carbons (Fsp3) is 0.714. The first-order valence-corrected chi connectivity index (χ1v) is 6.99. The molecule has 2 heterocycles. The van der Waals surface area contributed by atoms with Gasteiger partial charge in [-0.25, -0.2) is 0 Å². The third-order valence-electron chi connectivity index (χ3n) is 4.13. The van der Waals surface area contributed by atoms with Gasteiger partial charge in [-0.2, -0.15) is 4.98 Å². The van der Waals surface area contributed by atoms with Crippen LogP contribution in [-0.4, -0.2) is 23.2 Å². The average Bonchev–Trinajstić information content (AvgIpc) is 2.94. The van der Waals surface area contributed by atoms with Gasteiger partial charge in [0.25, 0.3) is 5.95 Å². The highest BCUT2D eigenvalue weighted by molar-refractivity contribution is 5.32. The topological polar surface area (TPSA) is 42.2 Å². The molecule has 1 aliphatic heterocycles. The minimum Gasteiger partial charge on any atom is -0.338 e. The van der Waals surface area contributed by atoms with Crippen LogP contribution >= 0.6 is 0 Å². The van der Waals surface area contributed by atoms with Gasteiger partial charge in [0.15, 0.2) is 0 Å². The van der Waals surface area contributed by atoms with E-state index in [-0.39, 0.29) is 0 Å². The van der Waals surface area contributed by atoms with Gasteiger partial charge in [0, 0.05) is 19.5 Å². The first-order valence-electron chi connectivity index (χ1n) is 6.99. The Labute approximate surface area is 108 Å². The molecular weight excluding hydrogens is 226 g/mol. The number of hydrogen-bond acceptors (Lipinski definition) is 4. The van der Waals surface area contributed by atoms with Gasteiger partial charge in [-0.15, -0.1) is 0 Å². The summed E-state index contributed by atoms with van der Waals surface area (Å²) in [6.45, 7) is 6.54. The summed E-state index contributed by atoms with van der Waals surface area (Å²) in [6.07, 6.45) is 6.78. The van der Waals surface area contributed by atoms with E-state index < -0.39 is 0 Å². The van der Waals surface area contributed by atoms with Crippen molar-refractivity contribution in [2.75, 3.05) is 18.0 Å². The molecule has 1 fully saturated rings. The van der Waals surface area contributed by atoms with E-state index in [2.05, 4.69) is 35.0 Å². The second kappa shape index (κ2) is 4.75. The molecule has 1 aromatic rings. The van der Waals surface area contributed by atoms with Crippen molar-refractivity contribution in [1.82, 2.24) is 10.1 Å². The van der Waals surface area contributed by atoms with Gasteiger partial charge in [-0.3, -0.25) is 0 Å². The Bertz CT molecular complexity index is 452. The van der Waals surface area contributed by atoms with Crippen molar-refractivity contribution in [2.45, 2.75) is 39.5 Å². The van der Waals surface area contributed by atoms with Gasteiger partial charge >= 0.3 is 0 Å². The molecule has 4 nitrogen and oxygen atoms in total. The Hall–Kier alpha value is -1.32. The molecule has 3 rings (SSSR count). The maximum atomic E-state index is 5.28. The second-order valence-electron chi connectivity index (χ2n) is 5.65. The maximum absolute atomic E-state index is 5.28. The minimum absolute atomic E-state index is 0.775. The maximum Gasteiger partial charge on any atom is 0.266 e. The summed E-state index contributed by atoms with van der Waals surface area (Å²) < 4.78 is 5.28. The number of aryl methyl sites for hydroxylation is 1. The Morgan fingerprint density at radius 2 is 2.22 bits per heavy atom. The normalized spacial score (nSPS) is 27.2. The van der Waals surface area contributed by atoms with Crippen LogP contribution in [0.25, 0.3) is 0 Å². The van der Waals surface area contributed by atoms with Crippen molar-refractivity contribution in [2.24, 2.45) is 11.8 Å². The molecule has 0 saturated carbocycles. The van der Waals surface area contributed by atoms with E-state index in [1.165, 1.54) is 18.4 Å². The SMILES string of the molecule is CCCc1nc(N2C[C@H]3CC(C)=CC[C@H]3C2)no1. The molecular formula is C14H21N3O. The number of rotatable bonds is 3. The lowest BCUT2D eigenvalue weighted by Crippen LogP contribution is -2.21. The van der Waals surface area contributed by atoms with Gasteiger partial charge in [-0.05, 0) is 43.2 Å². The van der Waals surface area contributed by atoms with E-state index in [9.17, 15) is 0 Å². The highest BCUT2D eigenvalue weighted by Crippen LogP contribution is 2.36. The molecule has 0 unspecified atom stereocenters. The van der Waals surface area contributed by atoms with Crippen molar-refractivity contribution in [3.8, 4) is 0 Å². The van der Waals surface area contributed by atoms with Crippen molar-refractivity contribution in [3.05, 3.63) is 17.5 Å². The molecule has 1 saturated heterocycles. The number of hydrogen-bond donors (Lipinski definition) is 0. The molecule has 0 amide bonds. The van der Waals surface area contributed by atoms with Crippen molar-refractivity contribution in [3.63, 3.8) is 0 Å². The summed E-state index contributed by atoms with van der Waals surface area (Å²) in [7, 11) is 0. The molecule has 98 valence electrons. The third kappa shape index (κ3) is 2.16. The predicted molar refractivity (Wildman–Crippen MR) is 70.5 cm³/mol. The van der Waals surface area contributed by atoms with Crippen LogP contribution in [0.4, 0.5) is 5.95 Å². The summed E-state index contributed by atoms with van der Waals surface area (Å²) in [5.74, 6) is 3.13. The Kier molecular flexibility index (Phi) is 3.10. The van der Waals surface area contributed by atoms with Crippen LogP contribution < -0.4 is 4.90 Å². The number of allylic oxidation sites excluding steroid dienone is 2. The zero-order chi connectivity index (χ0) is 12.5. The Morgan fingerprint density at radius 1 is 1.39 bits per heavy atom. The molecule has 4 heteroatoms. The van der Waals surface area contributed by atoms with Crippen molar-refractivity contribution < 1.29 is 4.52 Å². The van der Waals surface area contributed by atoms with E-state index in [1.807, 2.05) is 0 Å². The molecule has 0 radical (unpaired) electrons. The Balaban J connectivity index is 1.68. The molecule has 18 heavy (non-hydrogen) atoms. The molecule has 1 aromatic heterocycles. The lowest BCUT2D eigenvalue weighted by molar-refractivity contribution is 0.376. The predicted octanol–water partition coefficient (Wildman–Crippen LogP) is 2.81. The summed E-state index contributed by atoms with van der Waals surface area (Å²) in [6, 6.07) is 0. The molecule has 0 N–H and O–H groups in total. The molecule has 2 atom stereocenters. The van der Waals surface area contributed by atoms with E-state index >= 15 is 0 Å². The fourth-order valence-electron chi connectivity index (χ4n) is 3.14. The quantitative estimate of drug-likeness (QED) is 0.770. The van der Waals surface area contributed by atoms with Crippen LogP contribution in [-0.2, 0) is 6.42 Å². The number of fused-ring (bicyclic) bond motifs is 1. The summed E-state index contributed by atoms with van der Waals surface area (Å²) in [4.78, 5) is 6.79. The first-order chi connectivity index (χ1) is 8.76. The first kappa shape index (κ1) is 11.8. The number of anilines is 1. The summed E-state index contributed by atoms with van der Waals surface area (Å²) in [5, 5.41) is 4.12. The summed E-state index contributed by atoms with van der Waals surface area (Å²) in [5.41, 5.74) is 1.54. The highest BCUT2D eigenvalue weighted by atomic mass is 16.5. The number of nitrogens with zero attached hydrogens (tertiary/aromatic N) is 3. The molecule has 0 spiro atoms. The smallest absolute Gasteiger partial charge is 0.266 e. The largest absolute Gasteiger partial charge is 0.338 e. The molecule has 1 aliphatic carbocycles. The van der Waals surface area contributed by atoms with Gasteiger partial charge in [-0.1, -0.05) is 18.6 Å². The average molecular weight is 247 g/mol. The van der Waals surface area contributed by atoms with Gasteiger partial charge in [0.2, 0.25) is 5.89 Å². The van der Waals surface area contributed by atoms with E-state index in [0.717, 1.165) is 49.6 Å². The lowest BCUT2D eigenvalue weighted by Gasteiger charge is -2.21. The second-order valence-corrected chi connectivity index (χ2v) is 5.65. The van der Waals surface area contributed by atoms with Gasteiger partial charge < -0.3 is 9.42 Å². The fourth-order valence-corrected chi connectivity index (χ4v) is 3.14. The van der Waals surface area contributed by atoms with Gasteiger partial charge in [0.1, 0.15) is 0 Å². The minimum atomic E-state index is 0.775. The number of aromatic nitrogens is 2. The van der Waals surface area contributed by atoms with Crippen LogP contribution in [0.15, 0.2) is 16.2 Å². The van der Waals surface area contributed by atoms with Crippen LogP contribution in [0, 0.1) is 11.8 Å². The van der Waals surface area contributed by atoms with E-state index in [4.69, 9.17) is 4.52 Å². The van der Waals surface area contributed by atoms with Crippen LogP contribution in [0.5, 0.6) is 0 Å². The standard InChI is InChI=1S/C14H21N3O/c1-3-4-13-15-14(16-18-13)17-8-11-6-5-10(2)7-12(11)9-17/h5,11-12H,3-4,6-9H2,1-2H3/t11-,12+/m0/s1. The summed E-state index contributed by atoms with van der Waals surface area (Å²) >= 11 is 0. The molecule has 2 aliphatic rings. The zero-order valence-corrected chi connectivity index (χ0v) is 11.2. The highest BCUT2D eigenvalue weighted by Gasteiger charge is 2.35. The van der Waals surface area contributed by atoms with E-state index in [1.54, 1.807) is 0 Å². The molecule has 0 bridgehead atoms. The van der Waals surface area contributed by atoms with Crippen molar-refractivity contribution in [1.29, 1.82) is 0 Å². The molecule has 0 aromatic carbocycles. The third-order valence-corrected chi connectivity index (χ3v) is 4.13. The zero-order valence-electron chi connectivity index (χ0n) is 11.2. The lowest BCUT2D eigenvalue weighted by atomic mass is 9.83. The van der Waals surface area contributed by atoms with Crippen LogP contribution in [0.2, 0.25) is 0 Å². The van der Waals surface area contributed by atoms with Gasteiger partial charge in [0.05, 0.1) is 0 Å². The van der Waals surface area contributed by atoms with Crippen LogP contribution in [0.3, 0.4) is 0 Å². The van der Waals surface area contributed by atoms with E-state index in [0.29, 0.717) is 0 Å². The van der Waals surface area contributed by atoms with Crippen LogP contribution in [0.1, 0.15) is 39.0 Å². The Morgan fingerprint density at radius 3 is 3.06 bits per heavy atom. The van der Waals surface area contributed by atoms with Crippen molar-refractivity contribution >= 4 is 5.95 Å². The monoisotopic (exact) mass is 247 g/mol.